The van der Waals surface area contributed by atoms with Crippen LogP contribution in [0.4, 0.5) is 4.79 Å². The number of amides is 2. The second-order valence-corrected chi connectivity index (χ2v) is 4.80. The fourth-order valence-electron chi connectivity index (χ4n) is 1.55. The van der Waals surface area contributed by atoms with E-state index in [-0.39, 0.29) is 6.03 Å². The van der Waals surface area contributed by atoms with Gasteiger partial charge in [-0.1, -0.05) is 40.2 Å². The highest BCUT2D eigenvalue weighted by Gasteiger charge is 2.03. The van der Waals surface area contributed by atoms with Crippen molar-refractivity contribution in [1.29, 1.82) is 0 Å². The predicted molar refractivity (Wildman–Crippen MR) is 77.5 cm³/mol. The summed E-state index contributed by atoms with van der Waals surface area (Å²) in [5.74, 6) is 0. The molecule has 2 rings (SSSR count). The molecule has 0 radical (unpaired) electrons. The summed E-state index contributed by atoms with van der Waals surface area (Å²) in [4.78, 5) is 15.8. The minimum atomic E-state index is -0.207. The molecule has 1 aromatic carbocycles. The van der Waals surface area contributed by atoms with Crippen LogP contribution in [0.2, 0.25) is 0 Å². The molecule has 4 nitrogen and oxygen atoms in total. The van der Waals surface area contributed by atoms with Crippen LogP contribution in [-0.2, 0) is 13.1 Å². The van der Waals surface area contributed by atoms with Crippen LogP contribution in [0.5, 0.6) is 0 Å². The number of hydrogen-bond donors (Lipinski definition) is 2. The van der Waals surface area contributed by atoms with Crippen molar-refractivity contribution < 1.29 is 4.79 Å². The van der Waals surface area contributed by atoms with E-state index in [1.54, 1.807) is 6.20 Å². The topological polar surface area (TPSA) is 54.0 Å². The Bertz CT molecular complexity index is 545. The lowest BCUT2D eigenvalue weighted by atomic mass is 10.2. The molecule has 1 aromatic heterocycles. The van der Waals surface area contributed by atoms with Gasteiger partial charge in [-0.2, -0.15) is 0 Å². The first kappa shape index (κ1) is 13.5. The van der Waals surface area contributed by atoms with Gasteiger partial charge in [0.1, 0.15) is 0 Å². The Hall–Kier alpha value is -1.88. The lowest BCUT2D eigenvalue weighted by molar-refractivity contribution is 0.240. The van der Waals surface area contributed by atoms with Gasteiger partial charge in [-0.25, -0.2) is 4.79 Å². The molecule has 0 aliphatic carbocycles. The van der Waals surface area contributed by atoms with E-state index in [4.69, 9.17) is 0 Å². The van der Waals surface area contributed by atoms with Crippen LogP contribution >= 0.6 is 15.9 Å². The molecule has 2 N–H and O–H groups in total. The number of rotatable bonds is 4. The molecule has 0 atom stereocenters. The Balaban J connectivity index is 1.78. The summed E-state index contributed by atoms with van der Waals surface area (Å²) >= 11 is 3.44. The molecule has 0 aliphatic heterocycles. The van der Waals surface area contributed by atoms with E-state index in [9.17, 15) is 4.79 Å². The lowest BCUT2D eigenvalue weighted by Gasteiger charge is -2.08. The summed E-state index contributed by atoms with van der Waals surface area (Å²) in [5.41, 5.74) is 1.87. The molecule has 0 saturated carbocycles. The van der Waals surface area contributed by atoms with Crippen molar-refractivity contribution in [3.63, 3.8) is 0 Å². The summed E-state index contributed by atoms with van der Waals surface area (Å²) in [7, 11) is 0. The van der Waals surface area contributed by atoms with Gasteiger partial charge in [-0.15, -0.1) is 0 Å². The van der Waals surface area contributed by atoms with E-state index in [0.29, 0.717) is 13.1 Å². The van der Waals surface area contributed by atoms with E-state index in [0.717, 1.165) is 15.7 Å². The van der Waals surface area contributed by atoms with Gasteiger partial charge in [0.2, 0.25) is 0 Å². The number of aromatic nitrogens is 1. The molecule has 0 saturated heterocycles. The maximum atomic E-state index is 11.6. The normalized spacial score (nSPS) is 9.95. The Morgan fingerprint density at radius 3 is 2.53 bits per heavy atom. The van der Waals surface area contributed by atoms with Crippen molar-refractivity contribution in [1.82, 2.24) is 15.6 Å². The lowest BCUT2D eigenvalue weighted by Crippen LogP contribution is -2.34. The first-order chi connectivity index (χ1) is 9.25. The predicted octanol–water partition coefficient (Wildman–Crippen LogP) is 2.84. The number of pyridine rings is 1. The van der Waals surface area contributed by atoms with E-state index in [1.807, 2.05) is 42.5 Å². The first-order valence-corrected chi connectivity index (χ1v) is 6.70. The van der Waals surface area contributed by atoms with Crippen LogP contribution in [0.1, 0.15) is 11.3 Å². The average molecular weight is 320 g/mol. The second kappa shape index (κ2) is 6.89. The number of hydrogen-bond acceptors (Lipinski definition) is 2. The molecule has 2 amide bonds. The standard InChI is InChI=1S/C14H14BrN3O/c15-13-7-2-1-5-11(13)9-17-14(19)18-10-12-6-3-4-8-16-12/h1-8H,9-10H2,(H2,17,18,19). The van der Waals surface area contributed by atoms with Gasteiger partial charge >= 0.3 is 6.03 Å². The Labute approximate surface area is 120 Å². The molecule has 5 heteroatoms. The molecular weight excluding hydrogens is 306 g/mol. The van der Waals surface area contributed by atoms with E-state index in [1.165, 1.54) is 0 Å². The summed E-state index contributed by atoms with van der Waals surface area (Å²) in [6.45, 7) is 0.901. The third kappa shape index (κ3) is 4.37. The SMILES string of the molecule is O=C(NCc1ccccn1)NCc1ccccc1Br. The molecular formula is C14H14BrN3O. The Morgan fingerprint density at radius 1 is 1.05 bits per heavy atom. The molecule has 0 bridgehead atoms. The van der Waals surface area contributed by atoms with Crippen molar-refractivity contribution in [3.8, 4) is 0 Å². The van der Waals surface area contributed by atoms with Gasteiger partial charge in [0, 0.05) is 17.2 Å². The maximum Gasteiger partial charge on any atom is 0.315 e. The van der Waals surface area contributed by atoms with E-state index in [2.05, 4.69) is 31.5 Å². The first-order valence-electron chi connectivity index (χ1n) is 5.91. The van der Waals surface area contributed by atoms with Gasteiger partial charge in [0.05, 0.1) is 12.2 Å². The molecule has 1 heterocycles. The summed E-state index contributed by atoms with van der Waals surface area (Å²) in [6, 6.07) is 13.2. The number of urea groups is 1. The van der Waals surface area contributed by atoms with Gasteiger partial charge in [-0.05, 0) is 23.8 Å². The summed E-state index contributed by atoms with van der Waals surface area (Å²) < 4.78 is 0.986. The zero-order valence-corrected chi connectivity index (χ0v) is 11.9. The zero-order valence-electron chi connectivity index (χ0n) is 10.3. The molecule has 2 aromatic rings. The third-order valence-electron chi connectivity index (χ3n) is 2.55. The van der Waals surface area contributed by atoms with Crippen molar-refractivity contribution >= 4 is 22.0 Å². The van der Waals surface area contributed by atoms with Crippen LogP contribution in [0.3, 0.4) is 0 Å². The monoisotopic (exact) mass is 319 g/mol. The van der Waals surface area contributed by atoms with Crippen LogP contribution < -0.4 is 10.6 Å². The summed E-state index contributed by atoms with van der Waals surface area (Å²) in [5, 5.41) is 5.56. The molecule has 0 fully saturated rings. The third-order valence-corrected chi connectivity index (χ3v) is 3.33. The number of carbonyl (C=O) groups excluding carboxylic acids is 1. The second-order valence-electron chi connectivity index (χ2n) is 3.95. The minimum absolute atomic E-state index is 0.207. The number of halogens is 1. The van der Waals surface area contributed by atoms with Crippen molar-refractivity contribution in [2.75, 3.05) is 0 Å². The smallest absolute Gasteiger partial charge is 0.315 e. The average Bonchev–Trinajstić information content (AvgIpc) is 2.45. The molecule has 98 valence electrons. The number of nitrogens with one attached hydrogen (secondary N) is 2. The molecule has 0 unspecified atom stereocenters. The van der Waals surface area contributed by atoms with Gasteiger partial charge in [0.25, 0.3) is 0 Å². The number of benzene rings is 1. The molecule has 0 spiro atoms. The maximum absolute atomic E-state index is 11.6. The zero-order chi connectivity index (χ0) is 13.5. The Morgan fingerprint density at radius 2 is 1.79 bits per heavy atom. The highest BCUT2D eigenvalue weighted by atomic mass is 79.9. The summed E-state index contributed by atoms with van der Waals surface area (Å²) in [6.07, 6.45) is 1.70. The highest BCUT2D eigenvalue weighted by Crippen LogP contribution is 2.15. The van der Waals surface area contributed by atoms with Crippen LogP contribution in [0.15, 0.2) is 53.1 Å². The fourth-order valence-corrected chi connectivity index (χ4v) is 1.98. The fraction of sp³-hybridized carbons (Fsp3) is 0.143. The Kier molecular flexibility index (Phi) is 4.92. The molecule has 0 aliphatic rings. The van der Waals surface area contributed by atoms with Crippen LogP contribution in [-0.4, -0.2) is 11.0 Å². The molecule has 19 heavy (non-hydrogen) atoms. The van der Waals surface area contributed by atoms with Crippen molar-refractivity contribution in [3.05, 3.63) is 64.4 Å². The quantitative estimate of drug-likeness (QED) is 0.910. The van der Waals surface area contributed by atoms with E-state index < -0.39 is 0 Å². The van der Waals surface area contributed by atoms with Gasteiger partial charge in [-0.3, -0.25) is 4.98 Å². The van der Waals surface area contributed by atoms with Crippen molar-refractivity contribution in [2.45, 2.75) is 13.1 Å². The van der Waals surface area contributed by atoms with E-state index >= 15 is 0 Å². The van der Waals surface area contributed by atoms with Gasteiger partial charge < -0.3 is 10.6 Å². The number of nitrogens with zero attached hydrogens (tertiary/aromatic N) is 1. The highest BCUT2D eigenvalue weighted by molar-refractivity contribution is 9.10. The number of carbonyl (C=O) groups is 1. The largest absolute Gasteiger partial charge is 0.334 e. The van der Waals surface area contributed by atoms with Crippen LogP contribution in [0.25, 0.3) is 0 Å². The minimum Gasteiger partial charge on any atom is -0.334 e. The van der Waals surface area contributed by atoms with Gasteiger partial charge in [0.15, 0.2) is 0 Å². The van der Waals surface area contributed by atoms with Crippen molar-refractivity contribution in [2.24, 2.45) is 0 Å². The van der Waals surface area contributed by atoms with Crippen LogP contribution in [0, 0.1) is 0 Å².